The summed E-state index contributed by atoms with van der Waals surface area (Å²) in [5.41, 5.74) is 2.05. The Morgan fingerprint density at radius 2 is 1.41 bits per heavy atom. The van der Waals surface area contributed by atoms with Gasteiger partial charge < -0.3 is 5.32 Å². The van der Waals surface area contributed by atoms with E-state index in [0.29, 0.717) is 16.9 Å². The highest BCUT2D eigenvalue weighted by Crippen LogP contribution is 2.25. The maximum absolute atomic E-state index is 12.8. The predicted molar refractivity (Wildman–Crippen MR) is 120 cm³/mol. The molecule has 4 heteroatoms. The normalized spacial score (nSPS) is 10.6. The molecule has 0 aliphatic heterocycles. The van der Waals surface area contributed by atoms with Crippen molar-refractivity contribution in [3.8, 4) is 0 Å². The monoisotopic (exact) mass is 397 g/mol. The molecule has 3 nitrogen and oxygen atoms in total. The number of nitrogens with one attached hydrogen (secondary N) is 1. The van der Waals surface area contributed by atoms with Crippen LogP contribution in [-0.4, -0.2) is 17.4 Å². The molecule has 0 fully saturated rings. The first kappa shape index (κ1) is 19.0. The maximum Gasteiger partial charge on any atom is 0.255 e. The van der Waals surface area contributed by atoms with Gasteiger partial charge in [-0.15, -0.1) is 11.8 Å². The highest BCUT2D eigenvalue weighted by atomic mass is 32.2. The highest BCUT2D eigenvalue weighted by molar-refractivity contribution is 8.00. The number of rotatable bonds is 6. The summed E-state index contributed by atoms with van der Waals surface area (Å²) < 4.78 is 0. The lowest BCUT2D eigenvalue weighted by atomic mass is 10.1. The quantitative estimate of drug-likeness (QED) is 0.317. The van der Waals surface area contributed by atoms with Gasteiger partial charge in [-0.05, 0) is 29.7 Å². The van der Waals surface area contributed by atoms with E-state index >= 15 is 0 Å². The zero-order chi connectivity index (χ0) is 20.1. The first-order chi connectivity index (χ1) is 14.2. The van der Waals surface area contributed by atoms with Gasteiger partial charge in [-0.1, -0.05) is 72.8 Å². The zero-order valence-electron chi connectivity index (χ0n) is 15.7. The van der Waals surface area contributed by atoms with Gasteiger partial charge in [0.05, 0.1) is 5.75 Å². The Morgan fingerprint density at radius 1 is 0.724 bits per heavy atom. The van der Waals surface area contributed by atoms with Gasteiger partial charge in [-0.3, -0.25) is 9.59 Å². The second-order valence-electron chi connectivity index (χ2n) is 6.59. The molecule has 29 heavy (non-hydrogen) atoms. The topological polar surface area (TPSA) is 46.2 Å². The first-order valence-electron chi connectivity index (χ1n) is 9.31. The number of hydrogen-bond donors (Lipinski definition) is 1. The summed E-state index contributed by atoms with van der Waals surface area (Å²) in [5, 5.41) is 5.08. The van der Waals surface area contributed by atoms with E-state index in [2.05, 4.69) is 5.32 Å². The third-order valence-corrected chi connectivity index (χ3v) is 5.59. The number of fused-ring (bicyclic) bond motifs is 1. The fourth-order valence-electron chi connectivity index (χ4n) is 3.11. The van der Waals surface area contributed by atoms with E-state index in [0.717, 1.165) is 21.4 Å². The molecule has 0 bridgehead atoms. The molecule has 0 saturated heterocycles. The lowest BCUT2D eigenvalue weighted by Crippen LogP contribution is -2.12. The number of ketones is 1. The molecule has 0 saturated carbocycles. The van der Waals surface area contributed by atoms with E-state index in [1.165, 1.54) is 11.8 Å². The molecular formula is C25H19NO2S. The summed E-state index contributed by atoms with van der Waals surface area (Å²) in [6.45, 7) is 0. The van der Waals surface area contributed by atoms with Crippen molar-refractivity contribution in [2.24, 2.45) is 0 Å². The zero-order valence-corrected chi connectivity index (χ0v) is 16.5. The van der Waals surface area contributed by atoms with Crippen LogP contribution in [0, 0.1) is 0 Å². The molecule has 1 N–H and O–H groups in total. The van der Waals surface area contributed by atoms with Crippen LogP contribution in [0.4, 0.5) is 5.69 Å². The fraction of sp³-hybridized carbons (Fsp3) is 0.0400. The SMILES string of the molecule is O=C(CSc1cccc(C(=O)Nc2cccc3ccccc23)c1)c1ccccc1. The van der Waals surface area contributed by atoms with E-state index in [4.69, 9.17) is 0 Å². The van der Waals surface area contributed by atoms with Crippen molar-refractivity contribution >= 4 is 39.9 Å². The van der Waals surface area contributed by atoms with Crippen molar-refractivity contribution < 1.29 is 9.59 Å². The lowest BCUT2D eigenvalue weighted by Gasteiger charge is -2.10. The molecule has 1 amide bonds. The van der Waals surface area contributed by atoms with Crippen molar-refractivity contribution in [1.29, 1.82) is 0 Å². The van der Waals surface area contributed by atoms with Gasteiger partial charge in [-0.25, -0.2) is 0 Å². The Morgan fingerprint density at radius 3 is 2.28 bits per heavy atom. The smallest absolute Gasteiger partial charge is 0.255 e. The third kappa shape index (κ3) is 4.55. The Labute approximate surface area is 173 Å². The summed E-state index contributed by atoms with van der Waals surface area (Å²) in [6.07, 6.45) is 0. The molecule has 0 aliphatic rings. The minimum atomic E-state index is -0.168. The third-order valence-electron chi connectivity index (χ3n) is 4.60. The molecule has 0 unspecified atom stereocenters. The second-order valence-corrected chi connectivity index (χ2v) is 7.64. The number of benzene rings is 4. The van der Waals surface area contributed by atoms with E-state index in [9.17, 15) is 9.59 Å². The van der Waals surface area contributed by atoms with Gasteiger partial charge >= 0.3 is 0 Å². The van der Waals surface area contributed by atoms with E-state index in [1.807, 2.05) is 91.0 Å². The second kappa shape index (κ2) is 8.76. The van der Waals surface area contributed by atoms with Crippen molar-refractivity contribution in [1.82, 2.24) is 0 Å². The van der Waals surface area contributed by atoms with Crippen LogP contribution in [0.1, 0.15) is 20.7 Å². The lowest BCUT2D eigenvalue weighted by molar-refractivity contribution is 0.101. The van der Waals surface area contributed by atoms with Gasteiger partial charge in [0.25, 0.3) is 5.91 Å². The molecule has 142 valence electrons. The average Bonchev–Trinajstić information content (AvgIpc) is 2.78. The van der Waals surface area contributed by atoms with E-state index in [-0.39, 0.29) is 11.7 Å². The molecule has 4 aromatic rings. The van der Waals surface area contributed by atoms with Crippen LogP contribution in [0.25, 0.3) is 10.8 Å². The summed E-state index contributed by atoms with van der Waals surface area (Å²) >= 11 is 1.43. The van der Waals surface area contributed by atoms with Gasteiger partial charge in [0.15, 0.2) is 5.78 Å². The van der Waals surface area contributed by atoms with Gasteiger partial charge in [0.1, 0.15) is 0 Å². The molecular weight excluding hydrogens is 378 g/mol. The van der Waals surface area contributed by atoms with E-state index < -0.39 is 0 Å². The fourth-order valence-corrected chi connectivity index (χ4v) is 3.96. The molecule has 0 radical (unpaired) electrons. The molecule has 0 spiro atoms. The number of anilines is 1. The van der Waals surface area contributed by atoms with Gasteiger partial charge in [0.2, 0.25) is 0 Å². The standard InChI is InChI=1S/C25H19NO2S/c27-24(19-9-2-1-3-10-19)17-29-21-13-6-12-20(16-21)25(28)26-23-15-7-11-18-8-4-5-14-22(18)23/h1-16H,17H2,(H,26,28). The van der Waals surface area contributed by atoms with Crippen molar-refractivity contribution in [3.63, 3.8) is 0 Å². The van der Waals surface area contributed by atoms with Crippen LogP contribution in [0.15, 0.2) is 102 Å². The van der Waals surface area contributed by atoms with E-state index in [1.54, 1.807) is 6.07 Å². The van der Waals surface area contributed by atoms with Crippen LogP contribution < -0.4 is 5.32 Å². The average molecular weight is 397 g/mol. The maximum atomic E-state index is 12.8. The Bertz CT molecular complexity index is 1170. The number of thioether (sulfide) groups is 1. The molecule has 0 aliphatic carbocycles. The summed E-state index contributed by atoms with van der Waals surface area (Å²) in [6, 6.07) is 30.4. The van der Waals surface area contributed by atoms with Gasteiger partial charge in [-0.2, -0.15) is 0 Å². The highest BCUT2D eigenvalue weighted by Gasteiger charge is 2.11. The molecule has 4 aromatic carbocycles. The number of carbonyl (C=O) groups is 2. The Hall–Kier alpha value is -3.37. The van der Waals surface area contributed by atoms with Crippen LogP contribution in [0.2, 0.25) is 0 Å². The minimum Gasteiger partial charge on any atom is -0.321 e. The first-order valence-corrected chi connectivity index (χ1v) is 10.3. The van der Waals surface area contributed by atoms with Crippen molar-refractivity contribution in [2.45, 2.75) is 4.90 Å². The number of hydrogen-bond acceptors (Lipinski definition) is 3. The van der Waals surface area contributed by atoms with Crippen molar-refractivity contribution in [2.75, 3.05) is 11.1 Å². The molecule has 0 atom stereocenters. The summed E-state index contributed by atoms with van der Waals surface area (Å²) in [5.74, 6) is 0.234. The molecule has 0 heterocycles. The number of carbonyl (C=O) groups excluding carboxylic acids is 2. The van der Waals surface area contributed by atoms with Crippen LogP contribution in [-0.2, 0) is 0 Å². The Balaban J connectivity index is 1.46. The molecule has 0 aromatic heterocycles. The van der Waals surface area contributed by atoms with Crippen LogP contribution in [0.3, 0.4) is 0 Å². The Kier molecular flexibility index (Phi) is 5.73. The van der Waals surface area contributed by atoms with Gasteiger partial charge in [0, 0.05) is 27.1 Å². The largest absolute Gasteiger partial charge is 0.321 e. The van der Waals surface area contributed by atoms with Crippen molar-refractivity contribution in [3.05, 3.63) is 108 Å². The summed E-state index contributed by atoms with van der Waals surface area (Å²) in [4.78, 5) is 26.0. The predicted octanol–water partition coefficient (Wildman–Crippen LogP) is 6.07. The summed E-state index contributed by atoms with van der Waals surface area (Å²) in [7, 11) is 0. The van der Waals surface area contributed by atoms with Crippen LogP contribution >= 0.6 is 11.8 Å². The number of amides is 1. The van der Waals surface area contributed by atoms with Crippen LogP contribution in [0.5, 0.6) is 0 Å². The number of Topliss-reactive ketones (excluding diaryl/α,β-unsaturated/α-hetero) is 1. The minimum absolute atomic E-state index is 0.0706. The molecule has 4 rings (SSSR count).